The molecule has 3 aromatic rings. The van der Waals surface area contributed by atoms with Gasteiger partial charge in [-0.1, -0.05) is 6.07 Å². The van der Waals surface area contributed by atoms with E-state index in [4.69, 9.17) is 14.5 Å². The standard InChI is InChI=1S/C26H31N3O3/c1-4-31-23-11-8-19(15-24(23)32-5-2)16-26(30)27-20-9-10-22-21(17-20)18(3)14-25(28-22)29-12-6-7-13-29/h8-11,14-15,17H,4-7,12-13,16H2,1-3H3,(H,27,30). The van der Waals surface area contributed by atoms with Crippen LogP contribution in [-0.2, 0) is 11.2 Å². The molecule has 1 aliphatic heterocycles. The molecule has 2 heterocycles. The Hall–Kier alpha value is -3.28. The van der Waals surface area contributed by atoms with Gasteiger partial charge in [0.25, 0.3) is 0 Å². The summed E-state index contributed by atoms with van der Waals surface area (Å²) in [5, 5.41) is 4.08. The van der Waals surface area contributed by atoms with E-state index in [1.807, 2.05) is 50.2 Å². The Kier molecular flexibility index (Phi) is 6.78. The molecule has 1 amide bonds. The summed E-state index contributed by atoms with van der Waals surface area (Å²) < 4.78 is 11.3. The van der Waals surface area contributed by atoms with Crippen molar-refractivity contribution in [3.8, 4) is 11.5 Å². The van der Waals surface area contributed by atoms with E-state index in [2.05, 4.69) is 23.2 Å². The monoisotopic (exact) mass is 433 g/mol. The molecule has 0 saturated carbocycles. The van der Waals surface area contributed by atoms with E-state index >= 15 is 0 Å². The molecule has 1 aromatic heterocycles. The van der Waals surface area contributed by atoms with Crippen LogP contribution in [0, 0.1) is 6.92 Å². The average molecular weight is 434 g/mol. The third-order valence-electron chi connectivity index (χ3n) is 5.69. The summed E-state index contributed by atoms with van der Waals surface area (Å²) in [6.07, 6.45) is 2.71. The normalized spacial score (nSPS) is 13.4. The lowest BCUT2D eigenvalue weighted by atomic mass is 10.1. The lowest BCUT2D eigenvalue weighted by Gasteiger charge is -2.18. The van der Waals surface area contributed by atoms with Crippen molar-refractivity contribution in [1.82, 2.24) is 4.98 Å². The quantitative estimate of drug-likeness (QED) is 0.534. The Balaban J connectivity index is 1.48. The number of benzene rings is 2. The molecule has 168 valence electrons. The maximum absolute atomic E-state index is 12.7. The van der Waals surface area contributed by atoms with Crippen molar-refractivity contribution in [2.75, 3.05) is 36.5 Å². The zero-order valence-corrected chi connectivity index (χ0v) is 19.1. The van der Waals surface area contributed by atoms with Gasteiger partial charge in [0, 0.05) is 24.2 Å². The van der Waals surface area contributed by atoms with Crippen LogP contribution in [0.2, 0.25) is 0 Å². The minimum absolute atomic E-state index is 0.0738. The predicted octanol–water partition coefficient (Wildman–Crippen LogP) is 5.12. The van der Waals surface area contributed by atoms with Crippen LogP contribution in [0.25, 0.3) is 10.9 Å². The van der Waals surface area contributed by atoms with Crippen LogP contribution in [-0.4, -0.2) is 37.2 Å². The molecule has 1 saturated heterocycles. The van der Waals surface area contributed by atoms with Gasteiger partial charge >= 0.3 is 0 Å². The Morgan fingerprint density at radius 3 is 2.50 bits per heavy atom. The molecule has 0 radical (unpaired) electrons. The molecule has 6 nitrogen and oxygen atoms in total. The Morgan fingerprint density at radius 1 is 1.00 bits per heavy atom. The first-order valence-corrected chi connectivity index (χ1v) is 11.4. The van der Waals surface area contributed by atoms with Crippen molar-refractivity contribution >= 4 is 28.3 Å². The molecule has 0 aliphatic carbocycles. The van der Waals surface area contributed by atoms with Crippen LogP contribution >= 0.6 is 0 Å². The van der Waals surface area contributed by atoms with Gasteiger partial charge in [0.1, 0.15) is 5.82 Å². The number of hydrogen-bond donors (Lipinski definition) is 1. The van der Waals surface area contributed by atoms with Gasteiger partial charge in [-0.25, -0.2) is 4.98 Å². The summed E-state index contributed by atoms with van der Waals surface area (Å²) in [5.74, 6) is 2.34. The summed E-state index contributed by atoms with van der Waals surface area (Å²) in [6.45, 7) is 9.22. The van der Waals surface area contributed by atoms with Crippen molar-refractivity contribution < 1.29 is 14.3 Å². The van der Waals surface area contributed by atoms with Gasteiger partial charge in [-0.15, -0.1) is 0 Å². The number of carbonyl (C=O) groups excluding carboxylic acids is 1. The van der Waals surface area contributed by atoms with Crippen LogP contribution in [0.15, 0.2) is 42.5 Å². The summed E-state index contributed by atoms with van der Waals surface area (Å²) >= 11 is 0. The zero-order chi connectivity index (χ0) is 22.5. The average Bonchev–Trinajstić information content (AvgIpc) is 3.31. The minimum atomic E-state index is -0.0738. The van der Waals surface area contributed by atoms with Gasteiger partial charge in [0.05, 0.1) is 25.2 Å². The smallest absolute Gasteiger partial charge is 0.228 e. The molecule has 0 spiro atoms. The second-order valence-corrected chi connectivity index (χ2v) is 8.10. The van der Waals surface area contributed by atoms with Gasteiger partial charge in [0.2, 0.25) is 5.91 Å². The Labute approximate surface area is 189 Å². The van der Waals surface area contributed by atoms with Gasteiger partial charge in [0.15, 0.2) is 11.5 Å². The maximum Gasteiger partial charge on any atom is 0.228 e. The van der Waals surface area contributed by atoms with E-state index in [0.29, 0.717) is 24.7 Å². The number of aromatic nitrogens is 1. The van der Waals surface area contributed by atoms with E-state index in [1.54, 1.807) is 0 Å². The van der Waals surface area contributed by atoms with Crippen molar-refractivity contribution in [3.63, 3.8) is 0 Å². The number of amides is 1. The SMILES string of the molecule is CCOc1ccc(CC(=O)Nc2ccc3nc(N4CCCC4)cc(C)c3c2)cc1OCC. The lowest BCUT2D eigenvalue weighted by molar-refractivity contribution is -0.115. The number of aryl methyl sites for hydroxylation is 1. The minimum Gasteiger partial charge on any atom is -0.490 e. The fraction of sp³-hybridized carbons (Fsp3) is 0.385. The number of rotatable bonds is 8. The summed E-state index contributed by atoms with van der Waals surface area (Å²) in [6, 6.07) is 13.7. The van der Waals surface area contributed by atoms with Gasteiger partial charge in [-0.2, -0.15) is 0 Å². The molecule has 0 atom stereocenters. The second-order valence-electron chi connectivity index (χ2n) is 8.10. The fourth-order valence-corrected chi connectivity index (χ4v) is 4.16. The molecule has 0 unspecified atom stereocenters. The third-order valence-corrected chi connectivity index (χ3v) is 5.69. The molecule has 4 rings (SSSR count). The topological polar surface area (TPSA) is 63.7 Å². The van der Waals surface area contributed by atoms with E-state index in [9.17, 15) is 4.79 Å². The lowest BCUT2D eigenvalue weighted by Crippen LogP contribution is -2.19. The number of pyridine rings is 1. The highest BCUT2D eigenvalue weighted by Gasteiger charge is 2.15. The maximum atomic E-state index is 12.7. The number of fused-ring (bicyclic) bond motifs is 1. The summed E-state index contributed by atoms with van der Waals surface area (Å²) in [4.78, 5) is 19.9. The van der Waals surface area contributed by atoms with E-state index in [0.717, 1.165) is 41.1 Å². The van der Waals surface area contributed by atoms with E-state index in [1.165, 1.54) is 18.4 Å². The van der Waals surface area contributed by atoms with Crippen molar-refractivity contribution in [3.05, 3.63) is 53.6 Å². The number of anilines is 2. The number of nitrogens with zero attached hydrogens (tertiary/aromatic N) is 2. The largest absolute Gasteiger partial charge is 0.490 e. The molecule has 32 heavy (non-hydrogen) atoms. The number of ether oxygens (including phenoxy) is 2. The Bertz CT molecular complexity index is 1110. The van der Waals surface area contributed by atoms with E-state index in [-0.39, 0.29) is 12.3 Å². The van der Waals surface area contributed by atoms with Gasteiger partial charge in [-0.3, -0.25) is 4.79 Å². The van der Waals surface area contributed by atoms with Crippen molar-refractivity contribution in [2.24, 2.45) is 0 Å². The predicted molar refractivity (Wildman–Crippen MR) is 129 cm³/mol. The zero-order valence-electron chi connectivity index (χ0n) is 19.1. The first-order valence-electron chi connectivity index (χ1n) is 11.4. The van der Waals surface area contributed by atoms with Crippen molar-refractivity contribution in [2.45, 2.75) is 40.0 Å². The van der Waals surface area contributed by atoms with Crippen LogP contribution in [0.5, 0.6) is 11.5 Å². The number of hydrogen-bond acceptors (Lipinski definition) is 5. The molecular formula is C26H31N3O3. The molecular weight excluding hydrogens is 402 g/mol. The Morgan fingerprint density at radius 2 is 1.75 bits per heavy atom. The molecule has 2 aromatic carbocycles. The highest BCUT2D eigenvalue weighted by atomic mass is 16.5. The number of carbonyl (C=O) groups is 1. The first kappa shape index (κ1) is 21.9. The molecule has 0 bridgehead atoms. The van der Waals surface area contributed by atoms with Gasteiger partial charge in [-0.05, 0) is 81.1 Å². The van der Waals surface area contributed by atoms with Crippen LogP contribution < -0.4 is 19.7 Å². The molecule has 1 N–H and O–H groups in total. The fourth-order valence-electron chi connectivity index (χ4n) is 4.16. The van der Waals surface area contributed by atoms with Gasteiger partial charge < -0.3 is 19.7 Å². The van der Waals surface area contributed by atoms with E-state index < -0.39 is 0 Å². The summed E-state index contributed by atoms with van der Waals surface area (Å²) in [5.41, 5.74) is 3.78. The number of nitrogens with one attached hydrogen (secondary N) is 1. The molecule has 6 heteroatoms. The highest BCUT2D eigenvalue weighted by Crippen LogP contribution is 2.29. The first-order chi connectivity index (χ1) is 15.6. The van der Waals surface area contributed by atoms with Crippen LogP contribution in [0.3, 0.4) is 0 Å². The van der Waals surface area contributed by atoms with Crippen molar-refractivity contribution in [1.29, 1.82) is 0 Å². The summed E-state index contributed by atoms with van der Waals surface area (Å²) in [7, 11) is 0. The van der Waals surface area contributed by atoms with Crippen LogP contribution in [0.4, 0.5) is 11.5 Å². The molecule has 1 aliphatic rings. The van der Waals surface area contributed by atoms with Crippen LogP contribution in [0.1, 0.15) is 37.8 Å². The second kappa shape index (κ2) is 9.90. The third kappa shape index (κ3) is 4.96. The highest BCUT2D eigenvalue weighted by molar-refractivity contribution is 5.95. The molecule has 1 fully saturated rings.